The van der Waals surface area contributed by atoms with Gasteiger partial charge in [0.25, 0.3) is 5.56 Å². The topological polar surface area (TPSA) is 65.4 Å². The molecule has 128 valence electrons. The number of ether oxygens (including phenoxy) is 2. The van der Waals surface area contributed by atoms with Gasteiger partial charge in [0, 0.05) is 18.9 Å². The molecule has 6 nitrogen and oxygen atoms in total. The molecule has 0 radical (unpaired) electrons. The number of para-hydroxylation sites is 2. The Morgan fingerprint density at radius 1 is 1.04 bits per heavy atom. The lowest BCUT2D eigenvalue weighted by atomic mass is 10.2. The van der Waals surface area contributed by atoms with Crippen LogP contribution in [0.25, 0.3) is 5.69 Å². The molecule has 0 aliphatic heterocycles. The zero-order valence-corrected chi connectivity index (χ0v) is 14.1. The Labute approximate surface area is 145 Å². The van der Waals surface area contributed by atoms with E-state index in [0.29, 0.717) is 18.0 Å². The van der Waals surface area contributed by atoms with Crippen molar-refractivity contribution in [3.8, 4) is 17.2 Å². The number of nitrogens with one attached hydrogen (secondary N) is 1. The molecule has 2 aromatic carbocycles. The van der Waals surface area contributed by atoms with Crippen molar-refractivity contribution in [3.63, 3.8) is 0 Å². The van der Waals surface area contributed by atoms with E-state index in [1.54, 1.807) is 26.6 Å². The number of aromatic nitrogens is 2. The summed E-state index contributed by atoms with van der Waals surface area (Å²) in [5.41, 5.74) is 1.46. The molecular weight excluding hydrogens is 318 g/mol. The van der Waals surface area contributed by atoms with E-state index in [2.05, 4.69) is 10.3 Å². The second kappa shape index (κ2) is 7.53. The van der Waals surface area contributed by atoms with Crippen LogP contribution in [0.5, 0.6) is 11.5 Å². The van der Waals surface area contributed by atoms with E-state index in [4.69, 9.17) is 9.47 Å². The Morgan fingerprint density at radius 3 is 2.52 bits per heavy atom. The molecule has 0 aliphatic rings. The highest BCUT2D eigenvalue weighted by atomic mass is 16.5. The monoisotopic (exact) mass is 337 g/mol. The van der Waals surface area contributed by atoms with Crippen molar-refractivity contribution < 1.29 is 9.47 Å². The summed E-state index contributed by atoms with van der Waals surface area (Å²) in [6.45, 7) is 0.488. The van der Waals surface area contributed by atoms with Gasteiger partial charge in [-0.2, -0.15) is 0 Å². The first kappa shape index (κ1) is 16.6. The van der Waals surface area contributed by atoms with Gasteiger partial charge in [-0.15, -0.1) is 0 Å². The fourth-order valence-electron chi connectivity index (χ4n) is 2.48. The summed E-state index contributed by atoms with van der Waals surface area (Å²) in [7, 11) is 3.20. The van der Waals surface area contributed by atoms with E-state index < -0.39 is 0 Å². The largest absolute Gasteiger partial charge is 0.497 e. The van der Waals surface area contributed by atoms with E-state index in [-0.39, 0.29) is 11.4 Å². The van der Waals surface area contributed by atoms with Gasteiger partial charge in [0.1, 0.15) is 11.5 Å². The molecule has 0 aliphatic carbocycles. The van der Waals surface area contributed by atoms with Crippen LogP contribution in [-0.2, 0) is 6.54 Å². The van der Waals surface area contributed by atoms with Crippen molar-refractivity contribution in [1.29, 1.82) is 0 Å². The molecule has 0 unspecified atom stereocenters. The summed E-state index contributed by atoms with van der Waals surface area (Å²) in [5, 5.41) is 3.09. The first-order chi connectivity index (χ1) is 12.2. The van der Waals surface area contributed by atoms with E-state index in [1.165, 1.54) is 4.57 Å². The minimum atomic E-state index is -0.236. The first-order valence-electron chi connectivity index (χ1n) is 7.81. The molecule has 6 heteroatoms. The molecule has 0 spiro atoms. The maximum Gasteiger partial charge on any atom is 0.297 e. The third-order valence-electron chi connectivity index (χ3n) is 3.80. The number of benzene rings is 2. The summed E-state index contributed by atoms with van der Waals surface area (Å²) in [4.78, 5) is 16.9. The number of anilines is 1. The number of hydrogen-bond acceptors (Lipinski definition) is 5. The molecule has 1 aromatic heterocycles. The van der Waals surface area contributed by atoms with Crippen LogP contribution in [0.15, 0.2) is 65.7 Å². The second-order valence-electron chi connectivity index (χ2n) is 5.32. The fourth-order valence-corrected chi connectivity index (χ4v) is 2.48. The van der Waals surface area contributed by atoms with Crippen molar-refractivity contribution in [1.82, 2.24) is 9.55 Å². The van der Waals surface area contributed by atoms with Gasteiger partial charge < -0.3 is 14.8 Å². The van der Waals surface area contributed by atoms with Gasteiger partial charge in [-0.25, -0.2) is 4.98 Å². The average molecular weight is 337 g/mol. The quantitative estimate of drug-likeness (QED) is 0.749. The van der Waals surface area contributed by atoms with Gasteiger partial charge in [0.15, 0.2) is 5.82 Å². The van der Waals surface area contributed by atoms with Crippen molar-refractivity contribution in [2.45, 2.75) is 6.54 Å². The van der Waals surface area contributed by atoms with Gasteiger partial charge in [-0.1, -0.05) is 24.3 Å². The van der Waals surface area contributed by atoms with Crippen LogP contribution in [0.3, 0.4) is 0 Å². The predicted octanol–water partition coefficient (Wildman–Crippen LogP) is 2.86. The molecule has 0 saturated heterocycles. The molecule has 0 fully saturated rings. The second-order valence-corrected chi connectivity index (χ2v) is 5.32. The van der Waals surface area contributed by atoms with Crippen molar-refractivity contribution in [3.05, 3.63) is 76.8 Å². The third kappa shape index (κ3) is 3.63. The highest BCUT2D eigenvalue weighted by Crippen LogP contribution is 2.20. The van der Waals surface area contributed by atoms with Gasteiger partial charge in [0.2, 0.25) is 0 Å². The molecule has 0 atom stereocenters. The maximum atomic E-state index is 12.7. The predicted molar refractivity (Wildman–Crippen MR) is 96.7 cm³/mol. The lowest BCUT2D eigenvalue weighted by Crippen LogP contribution is -2.23. The Bertz CT molecular complexity index is 904. The molecule has 3 aromatic rings. The van der Waals surface area contributed by atoms with E-state index in [9.17, 15) is 4.79 Å². The van der Waals surface area contributed by atoms with Gasteiger partial charge in [-0.05, 0) is 29.8 Å². The summed E-state index contributed by atoms with van der Waals surface area (Å²) < 4.78 is 12.0. The highest BCUT2D eigenvalue weighted by Gasteiger charge is 2.10. The van der Waals surface area contributed by atoms with Gasteiger partial charge >= 0.3 is 0 Å². The number of rotatable bonds is 6. The lowest BCUT2D eigenvalue weighted by molar-refractivity contribution is 0.412. The van der Waals surface area contributed by atoms with Crippen LogP contribution in [0.4, 0.5) is 5.82 Å². The zero-order chi connectivity index (χ0) is 17.6. The Balaban J connectivity index is 1.84. The molecule has 1 N–H and O–H groups in total. The number of hydrogen-bond donors (Lipinski definition) is 1. The minimum absolute atomic E-state index is 0.236. The standard InChI is InChI=1S/C19H19N3O3/c1-24-15-9-7-14(8-10-15)13-21-18-19(23)22(12-11-20-18)16-5-3-4-6-17(16)25-2/h3-12H,13H2,1-2H3,(H,20,21). The SMILES string of the molecule is COc1ccc(CNc2nccn(-c3ccccc3OC)c2=O)cc1. The molecule has 25 heavy (non-hydrogen) atoms. The lowest BCUT2D eigenvalue weighted by Gasteiger charge is -2.12. The van der Waals surface area contributed by atoms with Crippen LogP contribution in [0, 0.1) is 0 Å². The van der Waals surface area contributed by atoms with Gasteiger partial charge in [-0.3, -0.25) is 9.36 Å². The smallest absolute Gasteiger partial charge is 0.297 e. The minimum Gasteiger partial charge on any atom is -0.497 e. The fraction of sp³-hybridized carbons (Fsp3) is 0.158. The molecule has 0 saturated carbocycles. The highest BCUT2D eigenvalue weighted by molar-refractivity contribution is 5.48. The van der Waals surface area contributed by atoms with Crippen LogP contribution in [0.2, 0.25) is 0 Å². The normalized spacial score (nSPS) is 10.3. The molecular formula is C19H19N3O3. The first-order valence-corrected chi connectivity index (χ1v) is 7.81. The Hall–Kier alpha value is -3.28. The summed E-state index contributed by atoms with van der Waals surface area (Å²) >= 11 is 0. The Morgan fingerprint density at radius 2 is 1.80 bits per heavy atom. The number of nitrogens with zero attached hydrogens (tertiary/aromatic N) is 2. The molecule has 3 rings (SSSR count). The van der Waals surface area contributed by atoms with Crippen molar-refractivity contribution in [2.24, 2.45) is 0 Å². The summed E-state index contributed by atoms with van der Waals surface area (Å²) in [6.07, 6.45) is 3.21. The molecule has 1 heterocycles. The van der Waals surface area contributed by atoms with Crippen LogP contribution in [-0.4, -0.2) is 23.8 Å². The van der Waals surface area contributed by atoms with Crippen LogP contribution < -0.4 is 20.3 Å². The third-order valence-corrected chi connectivity index (χ3v) is 3.80. The average Bonchev–Trinajstić information content (AvgIpc) is 2.67. The number of methoxy groups -OCH3 is 2. The van der Waals surface area contributed by atoms with Gasteiger partial charge in [0.05, 0.1) is 19.9 Å². The van der Waals surface area contributed by atoms with Crippen molar-refractivity contribution in [2.75, 3.05) is 19.5 Å². The molecule has 0 amide bonds. The van der Waals surface area contributed by atoms with Crippen molar-refractivity contribution >= 4 is 5.82 Å². The van der Waals surface area contributed by atoms with Crippen LogP contribution in [0.1, 0.15) is 5.56 Å². The van der Waals surface area contributed by atoms with E-state index >= 15 is 0 Å². The van der Waals surface area contributed by atoms with E-state index in [0.717, 1.165) is 11.3 Å². The van der Waals surface area contributed by atoms with Crippen LogP contribution >= 0.6 is 0 Å². The molecule has 0 bridgehead atoms. The zero-order valence-electron chi connectivity index (χ0n) is 14.1. The summed E-state index contributed by atoms with van der Waals surface area (Å²) in [6, 6.07) is 15.0. The Kier molecular flexibility index (Phi) is 4.99. The van der Waals surface area contributed by atoms with E-state index in [1.807, 2.05) is 48.5 Å². The summed E-state index contributed by atoms with van der Waals surface area (Å²) in [5.74, 6) is 1.70. The maximum absolute atomic E-state index is 12.7.